The first kappa shape index (κ1) is 13.4. The van der Waals surface area contributed by atoms with Gasteiger partial charge in [0.1, 0.15) is 4.60 Å². The molecule has 1 amide bonds. The standard InChI is InChI=1S/C12H15BrFN3O/c13-10-5-4-8(12(14)17-10)6-15-7-9-2-1-3-11(18)16-9/h4-5,9,15H,1-3,6-7H2,(H,16,18)/t9-/m0/s1. The lowest BCUT2D eigenvalue weighted by molar-refractivity contribution is -0.123. The van der Waals surface area contributed by atoms with E-state index in [1.165, 1.54) is 0 Å². The Hall–Kier alpha value is -1.01. The SMILES string of the molecule is O=C1CCC[C@@H](CNCc2ccc(Br)nc2F)N1. The minimum Gasteiger partial charge on any atom is -0.352 e. The Balaban J connectivity index is 1.79. The van der Waals surface area contributed by atoms with Gasteiger partial charge in [-0.25, -0.2) is 4.98 Å². The quantitative estimate of drug-likeness (QED) is 0.832. The van der Waals surface area contributed by atoms with E-state index in [4.69, 9.17) is 0 Å². The molecule has 98 valence electrons. The minimum absolute atomic E-state index is 0.101. The number of nitrogens with zero attached hydrogens (tertiary/aromatic N) is 1. The van der Waals surface area contributed by atoms with Gasteiger partial charge >= 0.3 is 0 Å². The van der Waals surface area contributed by atoms with E-state index in [0.717, 1.165) is 12.8 Å². The molecule has 1 aromatic heterocycles. The van der Waals surface area contributed by atoms with Gasteiger partial charge in [0.05, 0.1) is 0 Å². The van der Waals surface area contributed by atoms with Crippen molar-refractivity contribution in [2.24, 2.45) is 0 Å². The van der Waals surface area contributed by atoms with E-state index in [0.29, 0.717) is 29.7 Å². The van der Waals surface area contributed by atoms with Crippen LogP contribution in [0.1, 0.15) is 24.8 Å². The zero-order valence-corrected chi connectivity index (χ0v) is 11.5. The third kappa shape index (κ3) is 3.74. The van der Waals surface area contributed by atoms with Gasteiger partial charge in [-0.3, -0.25) is 4.79 Å². The molecule has 0 aliphatic carbocycles. The van der Waals surface area contributed by atoms with Crippen molar-refractivity contribution in [1.29, 1.82) is 0 Å². The fraction of sp³-hybridized carbons (Fsp3) is 0.500. The van der Waals surface area contributed by atoms with Crippen LogP contribution in [-0.2, 0) is 11.3 Å². The molecule has 0 unspecified atom stereocenters. The van der Waals surface area contributed by atoms with Gasteiger partial charge in [0.2, 0.25) is 11.9 Å². The molecule has 1 fully saturated rings. The highest BCUT2D eigenvalue weighted by Crippen LogP contribution is 2.11. The summed E-state index contributed by atoms with van der Waals surface area (Å²) in [6, 6.07) is 3.55. The molecule has 0 aromatic carbocycles. The lowest BCUT2D eigenvalue weighted by Gasteiger charge is -2.23. The van der Waals surface area contributed by atoms with Crippen molar-refractivity contribution in [3.8, 4) is 0 Å². The highest BCUT2D eigenvalue weighted by molar-refractivity contribution is 9.10. The highest BCUT2D eigenvalue weighted by Gasteiger charge is 2.17. The summed E-state index contributed by atoms with van der Waals surface area (Å²) in [6.45, 7) is 1.07. The summed E-state index contributed by atoms with van der Waals surface area (Å²) in [5.74, 6) is -0.367. The monoisotopic (exact) mass is 315 g/mol. The number of pyridine rings is 1. The van der Waals surface area contributed by atoms with Crippen LogP contribution in [0.15, 0.2) is 16.7 Å². The van der Waals surface area contributed by atoms with Crippen LogP contribution >= 0.6 is 15.9 Å². The zero-order chi connectivity index (χ0) is 13.0. The molecule has 2 N–H and O–H groups in total. The van der Waals surface area contributed by atoms with Crippen LogP contribution in [0, 0.1) is 5.95 Å². The molecule has 1 aromatic rings. The number of halogens is 2. The Bertz CT molecular complexity index is 441. The van der Waals surface area contributed by atoms with E-state index >= 15 is 0 Å². The molecule has 6 heteroatoms. The maximum absolute atomic E-state index is 13.4. The molecule has 1 atom stereocenters. The van der Waals surface area contributed by atoms with E-state index in [2.05, 4.69) is 31.5 Å². The Morgan fingerprint density at radius 3 is 3.11 bits per heavy atom. The van der Waals surface area contributed by atoms with Gasteiger partial charge < -0.3 is 10.6 Å². The van der Waals surface area contributed by atoms with Crippen LogP contribution < -0.4 is 10.6 Å². The van der Waals surface area contributed by atoms with Crippen molar-refractivity contribution in [2.75, 3.05) is 6.54 Å². The molecule has 1 saturated heterocycles. The van der Waals surface area contributed by atoms with Crippen molar-refractivity contribution < 1.29 is 9.18 Å². The number of nitrogens with one attached hydrogen (secondary N) is 2. The maximum atomic E-state index is 13.4. The van der Waals surface area contributed by atoms with E-state index in [-0.39, 0.29) is 11.9 Å². The number of aromatic nitrogens is 1. The number of carbonyl (C=O) groups excluding carboxylic acids is 1. The molecule has 2 rings (SSSR count). The Kier molecular flexibility index (Phi) is 4.66. The van der Waals surface area contributed by atoms with Crippen molar-refractivity contribution in [3.63, 3.8) is 0 Å². The summed E-state index contributed by atoms with van der Waals surface area (Å²) in [4.78, 5) is 14.9. The average Bonchev–Trinajstić information content (AvgIpc) is 2.32. The first-order valence-corrected chi connectivity index (χ1v) is 6.75. The van der Waals surface area contributed by atoms with Crippen LogP contribution in [0.25, 0.3) is 0 Å². The lowest BCUT2D eigenvalue weighted by Crippen LogP contribution is -2.44. The van der Waals surface area contributed by atoms with E-state index in [9.17, 15) is 9.18 Å². The molecule has 0 spiro atoms. The van der Waals surface area contributed by atoms with Crippen LogP contribution in [0.3, 0.4) is 0 Å². The van der Waals surface area contributed by atoms with Crippen molar-refractivity contribution in [2.45, 2.75) is 31.8 Å². The van der Waals surface area contributed by atoms with Gasteiger partial charge in [0, 0.05) is 31.1 Å². The van der Waals surface area contributed by atoms with Crippen LogP contribution in [0.4, 0.5) is 4.39 Å². The second kappa shape index (κ2) is 6.24. The first-order valence-electron chi connectivity index (χ1n) is 5.96. The van der Waals surface area contributed by atoms with E-state index < -0.39 is 5.95 Å². The number of piperidine rings is 1. The third-order valence-corrected chi connectivity index (χ3v) is 3.36. The van der Waals surface area contributed by atoms with Crippen LogP contribution in [0.2, 0.25) is 0 Å². The highest BCUT2D eigenvalue weighted by atomic mass is 79.9. The molecule has 1 aliphatic heterocycles. The van der Waals surface area contributed by atoms with Gasteiger partial charge in [0.15, 0.2) is 0 Å². The molecular formula is C12H15BrFN3O. The van der Waals surface area contributed by atoms with E-state index in [1.807, 2.05) is 0 Å². The largest absolute Gasteiger partial charge is 0.352 e. The topological polar surface area (TPSA) is 54.0 Å². The summed E-state index contributed by atoms with van der Waals surface area (Å²) in [6.07, 6.45) is 2.51. The summed E-state index contributed by atoms with van der Waals surface area (Å²) >= 11 is 3.11. The Morgan fingerprint density at radius 2 is 2.39 bits per heavy atom. The second-order valence-corrected chi connectivity index (χ2v) is 5.18. The Morgan fingerprint density at radius 1 is 1.56 bits per heavy atom. The first-order chi connectivity index (χ1) is 8.65. The van der Waals surface area contributed by atoms with Gasteiger partial charge in [0.25, 0.3) is 0 Å². The summed E-state index contributed by atoms with van der Waals surface area (Å²) in [5.41, 5.74) is 0.528. The van der Waals surface area contributed by atoms with E-state index in [1.54, 1.807) is 12.1 Å². The number of rotatable bonds is 4. The normalized spacial score (nSPS) is 19.7. The van der Waals surface area contributed by atoms with Gasteiger partial charge in [-0.1, -0.05) is 6.07 Å². The number of hydrogen-bond acceptors (Lipinski definition) is 3. The predicted molar refractivity (Wildman–Crippen MR) is 69.4 cm³/mol. The maximum Gasteiger partial charge on any atom is 0.220 e. The van der Waals surface area contributed by atoms with Crippen molar-refractivity contribution >= 4 is 21.8 Å². The molecule has 0 radical (unpaired) electrons. The molecule has 2 heterocycles. The molecule has 4 nitrogen and oxygen atoms in total. The van der Waals surface area contributed by atoms with Gasteiger partial charge in [-0.15, -0.1) is 0 Å². The number of amides is 1. The third-order valence-electron chi connectivity index (χ3n) is 2.92. The average molecular weight is 316 g/mol. The molecule has 0 saturated carbocycles. The van der Waals surface area contributed by atoms with Gasteiger partial charge in [-0.2, -0.15) is 4.39 Å². The summed E-state index contributed by atoms with van der Waals surface area (Å²) < 4.78 is 13.9. The van der Waals surface area contributed by atoms with Crippen molar-refractivity contribution in [3.05, 3.63) is 28.2 Å². The van der Waals surface area contributed by atoms with Crippen LogP contribution in [0.5, 0.6) is 0 Å². The predicted octanol–water partition coefficient (Wildman–Crippen LogP) is 1.74. The molecular weight excluding hydrogens is 301 g/mol. The number of carbonyl (C=O) groups is 1. The molecule has 18 heavy (non-hydrogen) atoms. The molecule has 1 aliphatic rings. The fourth-order valence-electron chi connectivity index (χ4n) is 1.99. The Labute approximate surface area is 113 Å². The fourth-order valence-corrected chi connectivity index (χ4v) is 2.28. The molecule has 0 bridgehead atoms. The number of hydrogen-bond donors (Lipinski definition) is 2. The lowest BCUT2D eigenvalue weighted by atomic mass is 10.0. The smallest absolute Gasteiger partial charge is 0.220 e. The summed E-state index contributed by atoms with van der Waals surface area (Å²) in [5, 5.41) is 6.05. The van der Waals surface area contributed by atoms with Gasteiger partial charge in [-0.05, 0) is 34.8 Å². The van der Waals surface area contributed by atoms with Crippen LogP contribution in [-0.4, -0.2) is 23.5 Å². The summed E-state index contributed by atoms with van der Waals surface area (Å²) in [7, 11) is 0. The second-order valence-electron chi connectivity index (χ2n) is 4.37. The zero-order valence-electron chi connectivity index (χ0n) is 9.88. The van der Waals surface area contributed by atoms with Crippen molar-refractivity contribution in [1.82, 2.24) is 15.6 Å². The minimum atomic E-state index is -0.468.